The van der Waals surface area contributed by atoms with E-state index in [0.717, 1.165) is 0 Å². The van der Waals surface area contributed by atoms with Crippen LogP contribution in [0.15, 0.2) is 6.20 Å². The first-order valence-corrected chi connectivity index (χ1v) is 4.75. The second-order valence-corrected chi connectivity index (χ2v) is 3.40. The highest BCUT2D eigenvalue weighted by molar-refractivity contribution is 5.98. The van der Waals surface area contributed by atoms with E-state index in [-0.39, 0.29) is 11.7 Å². The van der Waals surface area contributed by atoms with Crippen molar-refractivity contribution in [3.05, 3.63) is 11.9 Å². The number of methoxy groups -OCH3 is 1. The van der Waals surface area contributed by atoms with Crippen LogP contribution in [0, 0.1) is 5.92 Å². The molecule has 0 radical (unpaired) electrons. The first-order valence-electron chi connectivity index (χ1n) is 4.75. The Hall–Kier alpha value is -1.32. The van der Waals surface area contributed by atoms with Crippen LogP contribution in [0.5, 0.6) is 5.75 Å². The second kappa shape index (κ2) is 4.26. The van der Waals surface area contributed by atoms with Gasteiger partial charge in [0.1, 0.15) is 5.69 Å². The molecule has 0 amide bonds. The van der Waals surface area contributed by atoms with E-state index in [1.165, 1.54) is 0 Å². The van der Waals surface area contributed by atoms with Gasteiger partial charge < -0.3 is 4.74 Å². The quantitative estimate of drug-likeness (QED) is 0.689. The average molecular weight is 196 g/mol. The standard InChI is InChI=1S/C10H16N2O2/c1-5-12-9(10(13)7(2)3)8(14-4)6-11-12/h6-7H,5H2,1-4H3. The van der Waals surface area contributed by atoms with E-state index >= 15 is 0 Å². The molecule has 0 aliphatic carbocycles. The summed E-state index contributed by atoms with van der Waals surface area (Å²) >= 11 is 0. The summed E-state index contributed by atoms with van der Waals surface area (Å²) in [7, 11) is 1.55. The molecule has 1 rings (SSSR count). The van der Waals surface area contributed by atoms with Crippen molar-refractivity contribution in [2.24, 2.45) is 5.92 Å². The van der Waals surface area contributed by atoms with E-state index in [4.69, 9.17) is 4.74 Å². The van der Waals surface area contributed by atoms with Gasteiger partial charge >= 0.3 is 0 Å². The van der Waals surface area contributed by atoms with Crippen molar-refractivity contribution in [3.63, 3.8) is 0 Å². The van der Waals surface area contributed by atoms with Gasteiger partial charge in [-0.05, 0) is 6.92 Å². The highest BCUT2D eigenvalue weighted by Crippen LogP contribution is 2.20. The molecule has 0 aliphatic rings. The van der Waals surface area contributed by atoms with Crippen LogP contribution >= 0.6 is 0 Å². The minimum atomic E-state index is -0.0362. The summed E-state index contributed by atoms with van der Waals surface area (Å²) in [6.45, 7) is 6.37. The van der Waals surface area contributed by atoms with Crippen LogP contribution in [0.1, 0.15) is 31.3 Å². The number of carbonyl (C=O) groups excluding carboxylic acids is 1. The molecule has 78 valence electrons. The zero-order valence-corrected chi connectivity index (χ0v) is 9.07. The molecule has 1 aromatic rings. The van der Waals surface area contributed by atoms with Crippen molar-refractivity contribution in [2.75, 3.05) is 7.11 Å². The molecule has 0 saturated heterocycles. The zero-order chi connectivity index (χ0) is 10.7. The molecular formula is C10H16N2O2. The van der Waals surface area contributed by atoms with Gasteiger partial charge in [0.05, 0.1) is 13.3 Å². The van der Waals surface area contributed by atoms with E-state index < -0.39 is 0 Å². The third kappa shape index (κ3) is 1.78. The molecule has 0 atom stereocenters. The Bertz CT molecular complexity index is 307. The topological polar surface area (TPSA) is 44.1 Å². The summed E-state index contributed by atoms with van der Waals surface area (Å²) in [5, 5.41) is 4.08. The molecule has 14 heavy (non-hydrogen) atoms. The lowest BCUT2D eigenvalue weighted by atomic mass is 10.1. The van der Waals surface area contributed by atoms with Crippen LogP contribution in [0.3, 0.4) is 0 Å². The molecule has 1 heterocycles. The van der Waals surface area contributed by atoms with Crippen molar-refractivity contribution in [1.29, 1.82) is 0 Å². The second-order valence-electron chi connectivity index (χ2n) is 3.40. The molecule has 0 aromatic carbocycles. The van der Waals surface area contributed by atoms with Crippen LogP contribution in [0.4, 0.5) is 0 Å². The Kier molecular flexibility index (Phi) is 3.28. The Morgan fingerprint density at radius 2 is 2.29 bits per heavy atom. The van der Waals surface area contributed by atoms with Crippen molar-refractivity contribution in [3.8, 4) is 5.75 Å². The molecule has 4 heteroatoms. The third-order valence-corrected chi connectivity index (χ3v) is 2.08. The Balaban J connectivity index is 3.14. The number of ketones is 1. The molecule has 0 saturated carbocycles. The van der Waals surface area contributed by atoms with Crippen molar-refractivity contribution >= 4 is 5.78 Å². The Morgan fingerprint density at radius 1 is 1.64 bits per heavy atom. The normalized spacial score (nSPS) is 10.6. The molecule has 0 unspecified atom stereocenters. The summed E-state index contributed by atoms with van der Waals surface area (Å²) in [6.07, 6.45) is 1.58. The fraction of sp³-hybridized carbons (Fsp3) is 0.600. The molecule has 0 N–H and O–H groups in total. The smallest absolute Gasteiger partial charge is 0.187 e. The van der Waals surface area contributed by atoms with Crippen LogP contribution in [-0.2, 0) is 6.54 Å². The highest BCUT2D eigenvalue weighted by atomic mass is 16.5. The van der Waals surface area contributed by atoms with Gasteiger partial charge in [0.25, 0.3) is 0 Å². The van der Waals surface area contributed by atoms with Crippen LogP contribution in [0.2, 0.25) is 0 Å². The number of aryl methyl sites for hydroxylation is 1. The van der Waals surface area contributed by atoms with E-state index in [9.17, 15) is 4.79 Å². The maximum absolute atomic E-state index is 11.8. The van der Waals surface area contributed by atoms with Gasteiger partial charge in [0.15, 0.2) is 11.5 Å². The van der Waals surface area contributed by atoms with Gasteiger partial charge in [-0.1, -0.05) is 13.8 Å². The van der Waals surface area contributed by atoms with Gasteiger partial charge in [0.2, 0.25) is 0 Å². The van der Waals surface area contributed by atoms with Crippen molar-refractivity contribution in [2.45, 2.75) is 27.3 Å². The van der Waals surface area contributed by atoms with E-state index in [1.54, 1.807) is 18.0 Å². The number of hydrogen-bond donors (Lipinski definition) is 0. The van der Waals surface area contributed by atoms with Gasteiger partial charge in [-0.25, -0.2) is 0 Å². The van der Waals surface area contributed by atoms with Gasteiger partial charge in [-0.15, -0.1) is 0 Å². The number of rotatable bonds is 4. The van der Waals surface area contributed by atoms with Gasteiger partial charge in [-0.3, -0.25) is 9.48 Å². The monoisotopic (exact) mass is 196 g/mol. The van der Waals surface area contributed by atoms with Crippen LogP contribution in [-0.4, -0.2) is 22.7 Å². The summed E-state index contributed by atoms with van der Waals surface area (Å²) in [5.74, 6) is 0.595. The number of nitrogens with zero attached hydrogens (tertiary/aromatic N) is 2. The Morgan fingerprint density at radius 3 is 2.71 bits per heavy atom. The molecule has 4 nitrogen and oxygen atoms in total. The predicted molar refractivity (Wildman–Crippen MR) is 53.6 cm³/mol. The SMILES string of the molecule is CCn1ncc(OC)c1C(=O)C(C)C. The first-order chi connectivity index (χ1) is 6.61. The van der Waals surface area contributed by atoms with E-state index in [0.29, 0.717) is 18.0 Å². The van der Waals surface area contributed by atoms with Gasteiger partial charge in [-0.2, -0.15) is 5.10 Å². The minimum Gasteiger partial charge on any atom is -0.493 e. The van der Waals surface area contributed by atoms with Gasteiger partial charge in [0, 0.05) is 12.5 Å². The Labute approximate surface area is 83.9 Å². The number of carbonyl (C=O) groups is 1. The van der Waals surface area contributed by atoms with Crippen molar-refractivity contribution in [1.82, 2.24) is 9.78 Å². The lowest BCUT2D eigenvalue weighted by molar-refractivity contribution is 0.0925. The maximum atomic E-state index is 11.8. The van der Waals surface area contributed by atoms with Crippen LogP contribution in [0.25, 0.3) is 0 Å². The lowest BCUT2D eigenvalue weighted by Gasteiger charge is -2.08. The number of aromatic nitrogens is 2. The largest absolute Gasteiger partial charge is 0.493 e. The fourth-order valence-electron chi connectivity index (χ4n) is 1.28. The molecule has 0 fully saturated rings. The van der Waals surface area contributed by atoms with E-state index in [1.807, 2.05) is 20.8 Å². The molecule has 1 aromatic heterocycles. The zero-order valence-electron chi connectivity index (χ0n) is 9.07. The highest BCUT2D eigenvalue weighted by Gasteiger charge is 2.20. The molecule has 0 bridgehead atoms. The number of hydrogen-bond acceptors (Lipinski definition) is 3. The number of Topliss-reactive ketones (excluding diaryl/α,β-unsaturated/α-hetero) is 1. The lowest BCUT2D eigenvalue weighted by Crippen LogP contribution is -2.15. The minimum absolute atomic E-state index is 0.0362. The van der Waals surface area contributed by atoms with Crippen molar-refractivity contribution < 1.29 is 9.53 Å². The summed E-state index contributed by atoms with van der Waals surface area (Å²) in [6, 6.07) is 0. The fourth-order valence-corrected chi connectivity index (χ4v) is 1.28. The summed E-state index contributed by atoms with van der Waals surface area (Å²) in [4.78, 5) is 11.8. The predicted octanol–water partition coefficient (Wildman–Crippen LogP) is 1.75. The van der Waals surface area contributed by atoms with Crippen LogP contribution < -0.4 is 4.74 Å². The molecule has 0 spiro atoms. The number of ether oxygens (including phenoxy) is 1. The van der Waals surface area contributed by atoms with E-state index in [2.05, 4.69) is 5.10 Å². The summed E-state index contributed by atoms with van der Waals surface area (Å²) in [5.41, 5.74) is 0.574. The first kappa shape index (κ1) is 10.8. The third-order valence-electron chi connectivity index (χ3n) is 2.08. The average Bonchev–Trinajstić information content (AvgIpc) is 2.58. The molecule has 0 aliphatic heterocycles. The maximum Gasteiger partial charge on any atom is 0.187 e. The summed E-state index contributed by atoms with van der Waals surface area (Å²) < 4.78 is 6.76. The molecular weight excluding hydrogens is 180 g/mol.